The molecule has 1 atom stereocenters. The average Bonchev–Trinajstić information content (AvgIpc) is 3.21. The maximum absolute atomic E-state index is 13.2. The van der Waals surface area contributed by atoms with Crippen LogP contribution in [0.25, 0.3) is 0 Å². The highest BCUT2D eigenvalue weighted by Crippen LogP contribution is 2.39. The Morgan fingerprint density at radius 2 is 1.96 bits per heavy atom. The van der Waals surface area contributed by atoms with E-state index in [0.717, 1.165) is 35.4 Å². The molecule has 2 heterocycles. The summed E-state index contributed by atoms with van der Waals surface area (Å²) in [4.78, 5) is 0.357. The molecule has 3 rings (SSSR count). The van der Waals surface area contributed by atoms with Crippen molar-refractivity contribution in [3.8, 4) is 0 Å². The van der Waals surface area contributed by atoms with Crippen LogP contribution in [0.5, 0.6) is 0 Å². The Morgan fingerprint density at radius 1 is 1.28 bits per heavy atom. The molecule has 0 amide bonds. The van der Waals surface area contributed by atoms with E-state index >= 15 is 0 Å². The minimum atomic E-state index is -3.53. The SMILES string of the molecule is CCc1onc(C)c1[C@@H]1CCCN1S(=O)(=O)c1ccc(C(C)C)cc1. The molecule has 1 aromatic heterocycles. The van der Waals surface area contributed by atoms with E-state index in [1.165, 1.54) is 0 Å². The van der Waals surface area contributed by atoms with E-state index in [1.54, 1.807) is 16.4 Å². The molecular formula is C19H26N2O3S. The molecule has 0 radical (unpaired) electrons. The second-order valence-corrected chi connectivity index (χ2v) is 8.85. The second kappa shape index (κ2) is 6.92. The van der Waals surface area contributed by atoms with Gasteiger partial charge in [-0.05, 0) is 43.4 Å². The van der Waals surface area contributed by atoms with Crippen LogP contribution < -0.4 is 0 Å². The van der Waals surface area contributed by atoms with Crippen molar-refractivity contribution in [2.45, 2.75) is 63.8 Å². The lowest BCUT2D eigenvalue weighted by molar-refractivity contribution is 0.368. The molecule has 0 aliphatic carbocycles. The van der Waals surface area contributed by atoms with Crippen molar-refractivity contribution in [1.29, 1.82) is 0 Å². The molecule has 0 unspecified atom stereocenters. The van der Waals surface area contributed by atoms with Crippen LogP contribution >= 0.6 is 0 Å². The molecule has 1 saturated heterocycles. The van der Waals surface area contributed by atoms with Gasteiger partial charge in [0.05, 0.1) is 16.6 Å². The lowest BCUT2D eigenvalue weighted by Crippen LogP contribution is -2.31. The zero-order chi connectivity index (χ0) is 18.2. The van der Waals surface area contributed by atoms with Crippen LogP contribution in [-0.4, -0.2) is 24.4 Å². The van der Waals surface area contributed by atoms with Crippen molar-refractivity contribution in [1.82, 2.24) is 9.46 Å². The first-order valence-corrected chi connectivity index (χ1v) is 10.4. The number of nitrogens with zero attached hydrogens (tertiary/aromatic N) is 2. The van der Waals surface area contributed by atoms with E-state index in [-0.39, 0.29) is 6.04 Å². The summed E-state index contributed by atoms with van der Waals surface area (Å²) in [6, 6.07) is 7.08. The quantitative estimate of drug-likeness (QED) is 0.800. The van der Waals surface area contributed by atoms with Gasteiger partial charge in [0.1, 0.15) is 5.76 Å². The van der Waals surface area contributed by atoms with Gasteiger partial charge in [-0.15, -0.1) is 0 Å². The molecule has 1 fully saturated rings. The molecule has 6 heteroatoms. The number of rotatable bonds is 5. The Labute approximate surface area is 150 Å². The van der Waals surface area contributed by atoms with Gasteiger partial charge < -0.3 is 4.52 Å². The summed E-state index contributed by atoms with van der Waals surface area (Å²) in [5, 5.41) is 4.06. The van der Waals surface area contributed by atoms with Crippen LogP contribution in [-0.2, 0) is 16.4 Å². The largest absolute Gasteiger partial charge is 0.361 e. The molecule has 0 saturated carbocycles. The summed E-state index contributed by atoms with van der Waals surface area (Å²) in [5.74, 6) is 1.17. The summed E-state index contributed by atoms with van der Waals surface area (Å²) in [5.41, 5.74) is 2.88. The summed E-state index contributed by atoms with van der Waals surface area (Å²) in [7, 11) is -3.53. The smallest absolute Gasteiger partial charge is 0.243 e. The first-order chi connectivity index (χ1) is 11.9. The van der Waals surface area contributed by atoms with Crippen molar-refractivity contribution in [2.75, 3.05) is 6.54 Å². The lowest BCUT2D eigenvalue weighted by atomic mass is 10.0. The van der Waals surface area contributed by atoms with Crippen molar-refractivity contribution >= 4 is 10.0 Å². The van der Waals surface area contributed by atoms with Gasteiger partial charge in [0.2, 0.25) is 10.0 Å². The van der Waals surface area contributed by atoms with E-state index in [1.807, 2.05) is 26.0 Å². The molecule has 1 aliphatic heterocycles. The molecule has 1 aromatic carbocycles. The van der Waals surface area contributed by atoms with E-state index in [0.29, 0.717) is 23.8 Å². The lowest BCUT2D eigenvalue weighted by Gasteiger charge is -2.24. The Balaban J connectivity index is 1.97. The predicted molar refractivity (Wildman–Crippen MR) is 97.0 cm³/mol. The minimum absolute atomic E-state index is 0.184. The monoisotopic (exact) mass is 362 g/mol. The minimum Gasteiger partial charge on any atom is -0.361 e. The number of hydrogen-bond donors (Lipinski definition) is 0. The third-order valence-corrected chi connectivity index (χ3v) is 6.92. The van der Waals surface area contributed by atoms with Crippen LogP contribution in [0.15, 0.2) is 33.7 Å². The van der Waals surface area contributed by atoms with Crippen molar-refractivity contribution in [2.24, 2.45) is 0 Å². The van der Waals surface area contributed by atoms with Crippen LogP contribution in [0, 0.1) is 6.92 Å². The number of aromatic nitrogens is 1. The first kappa shape index (κ1) is 18.1. The van der Waals surface area contributed by atoms with Crippen molar-refractivity contribution in [3.05, 3.63) is 46.8 Å². The van der Waals surface area contributed by atoms with Crippen LogP contribution in [0.2, 0.25) is 0 Å². The third-order valence-electron chi connectivity index (χ3n) is 4.99. The summed E-state index contributed by atoms with van der Waals surface area (Å²) in [6.07, 6.45) is 2.36. The standard InChI is InChI=1S/C19H26N2O3S/c1-5-18-19(14(4)20-24-18)17-7-6-12-21(17)25(22,23)16-10-8-15(9-11-16)13(2)3/h8-11,13,17H,5-7,12H2,1-4H3/t17-/m0/s1. The molecule has 5 nitrogen and oxygen atoms in total. The number of sulfonamides is 1. The molecule has 0 N–H and O–H groups in total. The Hall–Kier alpha value is -1.66. The van der Waals surface area contributed by atoms with Crippen LogP contribution in [0.3, 0.4) is 0 Å². The fraction of sp³-hybridized carbons (Fsp3) is 0.526. The summed E-state index contributed by atoms with van der Waals surface area (Å²) >= 11 is 0. The molecule has 2 aromatic rings. The summed E-state index contributed by atoms with van der Waals surface area (Å²) < 4.78 is 33.4. The number of hydrogen-bond acceptors (Lipinski definition) is 4. The van der Waals surface area contributed by atoms with Crippen LogP contribution in [0.4, 0.5) is 0 Å². The fourth-order valence-corrected chi connectivity index (χ4v) is 5.25. The number of aryl methyl sites for hydroxylation is 2. The highest BCUT2D eigenvalue weighted by atomic mass is 32.2. The van der Waals surface area contributed by atoms with Gasteiger partial charge in [-0.25, -0.2) is 8.42 Å². The van der Waals surface area contributed by atoms with Gasteiger partial charge in [0.15, 0.2) is 0 Å². The number of benzene rings is 1. The van der Waals surface area contributed by atoms with Crippen LogP contribution in [0.1, 0.15) is 68.2 Å². The first-order valence-electron chi connectivity index (χ1n) is 8.93. The average molecular weight is 362 g/mol. The van der Waals surface area contributed by atoms with Gasteiger partial charge >= 0.3 is 0 Å². The molecule has 0 bridgehead atoms. The van der Waals surface area contributed by atoms with Gasteiger partial charge in [-0.3, -0.25) is 0 Å². The van der Waals surface area contributed by atoms with E-state index in [2.05, 4.69) is 19.0 Å². The second-order valence-electron chi connectivity index (χ2n) is 6.96. The fourth-order valence-electron chi connectivity index (χ4n) is 3.58. The highest BCUT2D eigenvalue weighted by Gasteiger charge is 2.39. The zero-order valence-corrected chi connectivity index (χ0v) is 16.1. The maximum atomic E-state index is 13.2. The Kier molecular flexibility index (Phi) is 5.02. The molecule has 136 valence electrons. The van der Waals surface area contributed by atoms with Crippen molar-refractivity contribution in [3.63, 3.8) is 0 Å². The van der Waals surface area contributed by atoms with E-state index in [4.69, 9.17) is 4.52 Å². The third kappa shape index (κ3) is 3.25. The predicted octanol–water partition coefficient (Wildman–Crippen LogP) is 4.19. The van der Waals surface area contributed by atoms with E-state index < -0.39 is 10.0 Å². The molecule has 1 aliphatic rings. The van der Waals surface area contributed by atoms with Gasteiger partial charge in [-0.2, -0.15) is 4.31 Å². The normalized spacial score (nSPS) is 19.0. The highest BCUT2D eigenvalue weighted by molar-refractivity contribution is 7.89. The zero-order valence-electron chi connectivity index (χ0n) is 15.3. The Bertz CT molecular complexity index is 838. The Morgan fingerprint density at radius 3 is 2.56 bits per heavy atom. The van der Waals surface area contributed by atoms with Gasteiger partial charge in [0, 0.05) is 18.5 Å². The molecule has 0 spiro atoms. The molecule has 25 heavy (non-hydrogen) atoms. The maximum Gasteiger partial charge on any atom is 0.243 e. The van der Waals surface area contributed by atoms with E-state index in [9.17, 15) is 8.42 Å². The summed E-state index contributed by atoms with van der Waals surface area (Å²) in [6.45, 7) is 8.62. The van der Waals surface area contributed by atoms with Gasteiger partial charge in [0.25, 0.3) is 0 Å². The molecular weight excluding hydrogens is 336 g/mol. The van der Waals surface area contributed by atoms with Gasteiger partial charge in [-0.1, -0.05) is 38.1 Å². The van der Waals surface area contributed by atoms with Crippen molar-refractivity contribution < 1.29 is 12.9 Å². The topological polar surface area (TPSA) is 63.4 Å².